The molecule has 0 aromatic heterocycles. The van der Waals surface area contributed by atoms with Crippen molar-refractivity contribution in [1.82, 2.24) is 0 Å². The smallest absolute Gasteiger partial charge is 0.0341 e. The van der Waals surface area contributed by atoms with E-state index in [0.29, 0.717) is 3.92 Å². The average molecular weight is 321 g/mol. The molecule has 1 atom stereocenters. The second-order valence-electron chi connectivity index (χ2n) is 3.14. The molecule has 0 radical (unpaired) electrons. The highest BCUT2D eigenvalue weighted by Gasteiger charge is 1.98. The topological polar surface area (TPSA) is 0 Å². The first-order chi connectivity index (χ1) is 6.83. The van der Waals surface area contributed by atoms with Gasteiger partial charge in [0, 0.05) is 9.80 Å². The number of rotatable bonds is 5. The summed E-state index contributed by atoms with van der Waals surface area (Å²) in [6.45, 7) is 0. The SMILES string of the molecule is ClCC(I)CCC=Cc1ccccc1. The molecule has 0 fully saturated rings. The quantitative estimate of drug-likeness (QED) is 0.552. The van der Waals surface area contributed by atoms with Crippen LogP contribution in [0.2, 0.25) is 0 Å². The molecule has 0 saturated heterocycles. The lowest BCUT2D eigenvalue weighted by atomic mass is 10.2. The van der Waals surface area contributed by atoms with Crippen molar-refractivity contribution in [2.45, 2.75) is 16.8 Å². The van der Waals surface area contributed by atoms with Crippen LogP contribution in [0.3, 0.4) is 0 Å². The zero-order valence-corrected chi connectivity index (χ0v) is 10.9. The lowest BCUT2D eigenvalue weighted by molar-refractivity contribution is 0.863. The molecule has 1 unspecified atom stereocenters. The fraction of sp³-hybridized carbons (Fsp3) is 0.333. The summed E-state index contributed by atoms with van der Waals surface area (Å²) in [6, 6.07) is 10.4. The van der Waals surface area contributed by atoms with Gasteiger partial charge >= 0.3 is 0 Å². The Morgan fingerprint density at radius 1 is 1.29 bits per heavy atom. The zero-order valence-electron chi connectivity index (χ0n) is 8.00. The number of halogens is 2. The molecule has 76 valence electrons. The highest BCUT2D eigenvalue weighted by atomic mass is 127. The van der Waals surface area contributed by atoms with E-state index in [-0.39, 0.29) is 0 Å². The van der Waals surface area contributed by atoms with Crippen LogP contribution < -0.4 is 0 Å². The second-order valence-corrected chi connectivity index (χ2v) is 5.21. The van der Waals surface area contributed by atoms with Gasteiger partial charge in [0.2, 0.25) is 0 Å². The molecule has 0 spiro atoms. The molecule has 0 aliphatic carbocycles. The monoisotopic (exact) mass is 320 g/mol. The Labute approximate surface area is 104 Å². The summed E-state index contributed by atoms with van der Waals surface area (Å²) in [7, 11) is 0. The van der Waals surface area contributed by atoms with Gasteiger partial charge in [-0.1, -0.05) is 65.1 Å². The summed E-state index contributed by atoms with van der Waals surface area (Å²) in [4.78, 5) is 0. The van der Waals surface area contributed by atoms with Crippen LogP contribution >= 0.6 is 34.2 Å². The molecule has 0 aliphatic rings. The molecule has 1 rings (SSSR count). The molecule has 0 N–H and O–H groups in total. The van der Waals surface area contributed by atoms with Gasteiger partial charge < -0.3 is 0 Å². The molecule has 0 saturated carbocycles. The fourth-order valence-electron chi connectivity index (χ4n) is 1.14. The van der Waals surface area contributed by atoms with Crippen molar-refractivity contribution >= 4 is 40.3 Å². The molecule has 14 heavy (non-hydrogen) atoms. The van der Waals surface area contributed by atoms with Crippen molar-refractivity contribution in [3.05, 3.63) is 42.0 Å². The third-order valence-electron chi connectivity index (χ3n) is 1.92. The van der Waals surface area contributed by atoms with Crippen LogP contribution in [0.4, 0.5) is 0 Å². The Bertz CT molecular complexity index is 269. The highest BCUT2D eigenvalue weighted by Crippen LogP contribution is 2.11. The first kappa shape index (κ1) is 12.1. The Morgan fingerprint density at radius 2 is 2.00 bits per heavy atom. The van der Waals surface area contributed by atoms with Crippen molar-refractivity contribution in [3.63, 3.8) is 0 Å². The van der Waals surface area contributed by atoms with Crippen LogP contribution in [0.15, 0.2) is 36.4 Å². The van der Waals surface area contributed by atoms with Gasteiger partial charge in [0.25, 0.3) is 0 Å². The Balaban J connectivity index is 2.28. The van der Waals surface area contributed by atoms with E-state index in [0.717, 1.165) is 18.7 Å². The van der Waals surface area contributed by atoms with Gasteiger partial charge in [0.15, 0.2) is 0 Å². The molecule has 1 aromatic rings. The highest BCUT2D eigenvalue weighted by molar-refractivity contribution is 14.1. The van der Waals surface area contributed by atoms with Crippen LogP contribution in [0, 0.1) is 0 Å². The molecule has 0 bridgehead atoms. The third-order valence-corrected chi connectivity index (χ3v) is 3.88. The third kappa shape index (κ3) is 5.01. The van der Waals surface area contributed by atoms with Crippen molar-refractivity contribution in [3.8, 4) is 0 Å². The second kappa shape index (κ2) is 7.30. The Kier molecular flexibility index (Phi) is 6.28. The van der Waals surface area contributed by atoms with E-state index >= 15 is 0 Å². The average Bonchev–Trinajstić information content (AvgIpc) is 2.25. The zero-order chi connectivity index (χ0) is 10.2. The summed E-state index contributed by atoms with van der Waals surface area (Å²) in [5.74, 6) is 0.750. The first-order valence-electron chi connectivity index (χ1n) is 4.74. The molecular weight excluding hydrogens is 306 g/mol. The van der Waals surface area contributed by atoms with Crippen LogP contribution in [-0.4, -0.2) is 9.80 Å². The number of hydrogen-bond acceptors (Lipinski definition) is 0. The van der Waals surface area contributed by atoms with Crippen molar-refractivity contribution in [2.75, 3.05) is 5.88 Å². The predicted octanol–water partition coefficient (Wildman–Crippen LogP) is 4.52. The van der Waals surface area contributed by atoms with E-state index in [4.69, 9.17) is 11.6 Å². The van der Waals surface area contributed by atoms with Crippen LogP contribution in [0.25, 0.3) is 6.08 Å². The van der Waals surface area contributed by atoms with Crippen LogP contribution in [-0.2, 0) is 0 Å². The van der Waals surface area contributed by atoms with Gasteiger partial charge in [-0.3, -0.25) is 0 Å². The fourth-order valence-corrected chi connectivity index (χ4v) is 1.65. The minimum atomic E-state index is 0.592. The maximum absolute atomic E-state index is 5.72. The first-order valence-corrected chi connectivity index (χ1v) is 6.52. The van der Waals surface area contributed by atoms with Crippen LogP contribution in [0.5, 0.6) is 0 Å². The van der Waals surface area contributed by atoms with E-state index in [2.05, 4.69) is 59.0 Å². The number of allylic oxidation sites excluding steroid dienone is 1. The van der Waals surface area contributed by atoms with Gasteiger partial charge in [0.1, 0.15) is 0 Å². The minimum Gasteiger partial charge on any atom is -0.126 e. The molecule has 0 nitrogen and oxygen atoms in total. The molecule has 1 aromatic carbocycles. The van der Waals surface area contributed by atoms with Gasteiger partial charge in [0.05, 0.1) is 0 Å². The van der Waals surface area contributed by atoms with Gasteiger partial charge in [-0.25, -0.2) is 0 Å². The lowest BCUT2D eigenvalue weighted by Gasteiger charge is -2.00. The number of benzene rings is 1. The van der Waals surface area contributed by atoms with E-state index in [9.17, 15) is 0 Å². The van der Waals surface area contributed by atoms with Gasteiger partial charge in [-0.05, 0) is 18.4 Å². The lowest BCUT2D eigenvalue weighted by Crippen LogP contribution is -1.96. The largest absolute Gasteiger partial charge is 0.126 e. The normalized spacial score (nSPS) is 13.3. The van der Waals surface area contributed by atoms with Crippen molar-refractivity contribution in [1.29, 1.82) is 0 Å². The standard InChI is InChI=1S/C12H14ClI/c13-10-12(14)9-5-4-8-11-6-2-1-3-7-11/h1-4,6-8,12H,5,9-10H2. The summed E-state index contributed by atoms with van der Waals surface area (Å²) >= 11 is 8.11. The minimum absolute atomic E-state index is 0.592. The number of alkyl halides is 2. The molecule has 0 amide bonds. The number of hydrogen-bond donors (Lipinski definition) is 0. The van der Waals surface area contributed by atoms with Crippen molar-refractivity contribution < 1.29 is 0 Å². The maximum Gasteiger partial charge on any atom is 0.0341 e. The molecule has 0 aliphatic heterocycles. The van der Waals surface area contributed by atoms with Gasteiger partial charge in [-0.2, -0.15) is 0 Å². The summed E-state index contributed by atoms with van der Waals surface area (Å²) in [5, 5.41) is 0. The van der Waals surface area contributed by atoms with E-state index < -0.39 is 0 Å². The van der Waals surface area contributed by atoms with E-state index in [1.165, 1.54) is 5.56 Å². The maximum atomic E-state index is 5.72. The molecule has 0 heterocycles. The van der Waals surface area contributed by atoms with Gasteiger partial charge in [-0.15, -0.1) is 11.6 Å². The molecule has 2 heteroatoms. The molecular formula is C12H14ClI. The predicted molar refractivity (Wildman–Crippen MR) is 73.2 cm³/mol. The van der Waals surface area contributed by atoms with Crippen molar-refractivity contribution in [2.24, 2.45) is 0 Å². The van der Waals surface area contributed by atoms with E-state index in [1.54, 1.807) is 0 Å². The van der Waals surface area contributed by atoms with E-state index in [1.807, 2.05) is 6.07 Å². The Hall–Kier alpha value is -0.0200. The Morgan fingerprint density at radius 3 is 2.64 bits per heavy atom. The summed E-state index contributed by atoms with van der Waals surface area (Å²) in [6.07, 6.45) is 6.65. The summed E-state index contributed by atoms with van der Waals surface area (Å²) < 4.78 is 0.592. The van der Waals surface area contributed by atoms with Crippen LogP contribution in [0.1, 0.15) is 18.4 Å². The summed E-state index contributed by atoms with van der Waals surface area (Å²) in [5.41, 5.74) is 1.27.